The van der Waals surface area contributed by atoms with Crippen molar-refractivity contribution in [2.24, 2.45) is 0 Å². The minimum atomic E-state index is -0.148. The zero-order valence-electron chi connectivity index (χ0n) is 10.6. The van der Waals surface area contributed by atoms with Gasteiger partial charge in [-0.2, -0.15) is 0 Å². The highest BCUT2D eigenvalue weighted by Crippen LogP contribution is 2.21. The smallest absolute Gasteiger partial charge is 0.244 e. The lowest BCUT2D eigenvalue weighted by molar-refractivity contribution is -0.127. The van der Waals surface area contributed by atoms with E-state index in [1.54, 1.807) is 4.90 Å². The van der Waals surface area contributed by atoms with Crippen LogP contribution in [0.4, 0.5) is 5.82 Å². The van der Waals surface area contributed by atoms with E-state index in [2.05, 4.69) is 26.2 Å². The molecule has 4 nitrogen and oxygen atoms in total. The molecule has 1 N–H and O–H groups in total. The van der Waals surface area contributed by atoms with E-state index in [1.807, 2.05) is 37.4 Å². The van der Waals surface area contributed by atoms with Crippen molar-refractivity contribution >= 4 is 38.6 Å². The van der Waals surface area contributed by atoms with Crippen LogP contribution in [-0.2, 0) is 4.79 Å². The maximum atomic E-state index is 11.8. The normalized spacial score (nSPS) is 19.2. The molecule has 2 aromatic rings. The summed E-state index contributed by atoms with van der Waals surface area (Å²) in [6.45, 7) is 0.803. The van der Waals surface area contributed by atoms with Gasteiger partial charge in [-0.1, -0.05) is 15.9 Å². The van der Waals surface area contributed by atoms with Gasteiger partial charge in [0.05, 0.1) is 5.52 Å². The van der Waals surface area contributed by atoms with Gasteiger partial charge in [-0.05, 0) is 36.8 Å². The van der Waals surface area contributed by atoms with E-state index in [0.717, 1.165) is 34.2 Å². The fourth-order valence-electron chi connectivity index (χ4n) is 2.31. The molecule has 1 aliphatic rings. The molecule has 1 atom stereocenters. The molecule has 0 aliphatic carbocycles. The zero-order chi connectivity index (χ0) is 13.4. The van der Waals surface area contributed by atoms with Crippen LogP contribution in [0.3, 0.4) is 0 Å². The topological polar surface area (TPSA) is 45.2 Å². The van der Waals surface area contributed by atoms with Crippen molar-refractivity contribution in [3.05, 3.63) is 34.8 Å². The maximum absolute atomic E-state index is 11.8. The van der Waals surface area contributed by atoms with E-state index in [-0.39, 0.29) is 11.9 Å². The Labute approximate surface area is 119 Å². The number of benzene rings is 1. The number of amides is 1. The lowest BCUT2D eigenvalue weighted by Gasteiger charge is -2.13. The van der Waals surface area contributed by atoms with Crippen molar-refractivity contribution in [2.45, 2.75) is 12.5 Å². The Balaban J connectivity index is 1.86. The summed E-state index contributed by atoms with van der Waals surface area (Å²) in [6, 6.07) is 9.74. The van der Waals surface area contributed by atoms with Crippen molar-refractivity contribution in [3.63, 3.8) is 0 Å². The number of aromatic nitrogens is 1. The van der Waals surface area contributed by atoms with Crippen LogP contribution >= 0.6 is 15.9 Å². The van der Waals surface area contributed by atoms with Gasteiger partial charge in [0.2, 0.25) is 5.91 Å². The number of hydrogen-bond acceptors (Lipinski definition) is 3. The first kappa shape index (κ1) is 12.4. The molecule has 1 amide bonds. The van der Waals surface area contributed by atoms with Crippen LogP contribution < -0.4 is 5.32 Å². The Morgan fingerprint density at radius 3 is 2.95 bits per heavy atom. The van der Waals surface area contributed by atoms with Crippen molar-refractivity contribution in [1.29, 1.82) is 0 Å². The van der Waals surface area contributed by atoms with Crippen molar-refractivity contribution < 1.29 is 4.79 Å². The molecule has 2 heterocycles. The number of likely N-dealkylation sites (N-methyl/N-ethyl adjacent to an activating group) is 1. The van der Waals surface area contributed by atoms with Gasteiger partial charge in [0.25, 0.3) is 0 Å². The third-order valence-corrected chi connectivity index (χ3v) is 3.89. The minimum Gasteiger partial charge on any atom is -0.358 e. The van der Waals surface area contributed by atoms with Gasteiger partial charge in [0, 0.05) is 23.5 Å². The summed E-state index contributed by atoms with van der Waals surface area (Å²) in [6.07, 6.45) is 0.829. The first-order valence-corrected chi connectivity index (χ1v) is 7.00. The fourth-order valence-corrected chi connectivity index (χ4v) is 2.69. The number of rotatable bonds is 2. The second kappa shape index (κ2) is 4.81. The average molecular weight is 320 g/mol. The molecule has 0 saturated carbocycles. The molecule has 3 rings (SSSR count). The Hall–Kier alpha value is -1.62. The maximum Gasteiger partial charge on any atom is 0.244 e. The van der Waals surface area contributed by atoms with Gasteiger partial charge in [0.1, 0.15) is 11.9 Å². The fraction of sp³-hybridized carbons (Fsp3) is 0.286. The number of carbonyl (C=O) groups excluding carboxylic acids is 1. The van der Waals surface area contributed by atoms with E-state index < -0.39 is 0 Å². The molecule has 1 fully saturated rings. The van der Waals surface area contributed by atoms with Gasteiger partial charge in [-0.3, -0.25) is 4.79 Å². The van der Waals surface area contributed by atoms with Gasteiger partial charge in [-0.15, -0.1) is 0 Å². The highest BCUT2D eigenvalue weighted by molar-refractivity contribution is 9.10. The molecule has 1 aromatic carbocycles. The number of fused-ring (bicyclic) bond motifs is 1. The van der Waals surface area contributed by atoms with Crippen molar-refractivity contribution in [3.8, 4) is 0 Å². The second-order valence-corrected chi connectivity index (χ2v) is 5.69. The summed E-state index contributed by atoms with van der Waals surface area (Å²) < 4.78 is 1.04. The minimum absolute atomic E-state index is 0.137. The highest BCUT2D eigenvalue weighted by atomic mass is 79.9. The molecule has 0 radical (unpaired) electrons. The number of likely N-dealkylation sites (tertiary alicyclic amines) is 1. The van der Waals surface area contributed by atoms with Crippen LogP contribution in [0.2, 0.25) is 0 Å². The predicted octanol–water partition coefficient (Wildman–Crippen LogP) is 2.64. The summed E-state index contributed by atoms with van der Waals surface area (Å²) in [5, 5.41) is 4.29. The Morgan fingerprint density at radius 2 is 2.21 bits per heavy atom. The molecular formula is C14H14BrN3O. The van der Waals surface area contributed by atoms with Crippen molar-refractivity contribution in [2.75, 3.05) is 18.9 Å². The Kier molecular flexibility index (Phi) is 3.14. The molecule has 0 unspecified atom stereocenters. The Morgan fingerprint density at radius 1 is 1.37 bits per heavy atom. The molecule has 98 valence electrons. The zero-order valence-corrected chi connectivity index (χ0v) is 12.1. The van der Waals surface area contributed by atoms with Gasteiger partial charge >= 0.3 is 0 Å². The van der Waals surface area contributed by atoms with Crippen LogP contribution in [-0.4, -0.2) is 35.4 Å². The largest absolute Gasteiger partial charge is 0.358 e. The first-order valence-electron chi connectivity index (χ1n) is 6.21. The molecule has 0 spiro atoms. The third-order valence-electron chi connectivity index (χ3n) is 3.40. The first-order chi connectivity index (χ1) is 9.13. The van der Waals surface area contributed by atoms with E-state index in [9.17, 15) is 4.79 Å². The predicted molar refractivity (Wildman–Crippen MR) is 79.1 cm³/mol. The third kappa shape index (κ3) is 2.42. The molecule has 1 aliphatic heterocycles. The molecule has 1 saturated heterocycles. The number of pyridine rings is 1. The number of halogens is 1. The van der Waals surface area contributed by atoms with E-state index in [1.165, 1.54) is 0 Å². The molecule has 1 aromatic heterocycles. The number of carbonyl (C=O) groups is 1. The summed E-state index contributed by atoms with van der Waals surface area (Å²) in [5.74, 6) is 0.890. The van der Waals surface area contributed by atoms with E-state index in [4.69, 9.17) is 0 Å². The lowest BCUT2D eigenvalue weighted by atomic mass is 10.2. The summed E-state index contributed by atoms with van der Waals surface area (Å²) in [5.41, 5.74) is 0.923. The summed E-state index contributed by atoms with van der Waals surface area (Å²) in [4.78, 5) is 18.1. The van der Waals surface area contributed by atoms with Gasteiger partial charge < -0.3 is 10.2 Å². The number of nitrogens with one attached hydrogen (secondary N) is 1. The van der Waals surface area contributed by atoms with Crippen LogP contribution in [0.5, 0.6) is 0 Å². The summed E-state index contributed by atoms with van der Waals surface area (Å²) in [7, 11) is 1.83. The quantitative estimate of drug-likeness (QED) is 0.925. The van der Waals surface area contributed by atoms with Crippen LogP contribution in [0.1, 0.15) is 6.42 Å². The van der Waals surface area contributed by atoms with E-state index in [0.29, 0.717) is 0 Å². The standard InChI is InChI=1S/C14H14BrN3O/c1-18-7-6-12(14(18)19)17-13-5-2-9-8-10(15)3-4-11(9)16-13/h2-5,8,12H,6-7H2,1H3,(H,16,17)/t12-/m1/s1. The molecule has 0 bridgehead atoms. The van der Waals surface area contributed by atoms with E-state index >= 15 is 0 Å². The molecule has 19 heavy (non-hydrogen) atoms. The lowest BCUT2D eigenvalue weighted by Crippen LogP contribution is -2.31. The monoisotopic (exact) mass is 319 g/mol. The SMILES string of the molecule is CN1CC[C@@H](Nc2ccc3cc(Br)ccc3n2)C1=O. The second-order valence-electron chi connectivity index (χ2n) is 4.78. The van der Waals surface area contributed by atoms with Gasteiger partial charge in [-0.25, -0.2) is 4.98 Å². The molecular weight excluding hydrogens is 306 g/mol. The van der Waals surface area contributed by atoms with Crippen molar-refractivity contribution in [1.82, 2.24) is 9.88 Å². The van der Waals surface area contributed by atoms with Crippen LogP contribution in [0, 0.1) is 0 Å². The van der Waals surface area contributed by atoms with Crippen LogP contribution in [0.25, 0.3) is 10.9 Å². The average Bonchev–Trinajstić information content (AvgIpc) is 2.71. The summed E-state index contributed by atoms with van der Waals surface area (Å²) >= 11 is 3.44. The Bertz CT molecular complexity index is 644. The number of nitrogens with zero attached hydrogens (tertiary/aromatic N) is 2. The number of anilines is 1. The molecule has 5 heteroatoms. The highest BCUT2D eigenvalue weighted by Gasteiger charge is 2.28. The van der Waals surface area contributed by atoms with Gasteiger partial charge in [0.15, 0.2) is 0 Å². The van der Waals surface area contributed by atoms with Crippen LogP contribution in [0.15, 0.2) is 34.8 Å². The number of hydrogen-bond donors (Lipinski definition) is 1.